The van der Waals surface area contributed by atoms with E-state index in [-0.39, 0.29) is 11.8 Å². The van der Waals surface area contributed by atoms with Crippen molar-refractivity contribution in [2.75, 3.05) is 25.4 Å². The largest absolute Gasteiger partial charge is 0.350 e. The van der Waals surface area contributed by atoms with Crippen LogP contribution in [0.4, 0.5) is 0 Å². The van der Waals surface area contributed by atoms with E-state index >= 15 is 0 Å². The first-order valence-electron chi connectivity index (χ1n) is 11.9. The maximum absolute atomic E-state index is 12.7. The van der Waals surface area contributed by atoms with Gasteiger partial charge in [0.1, 0.15) is 0 Å². The number of nitrogens with zero attached hydrogens (tertiary/aromatic N) is 2. The third-order valence-electron chi connectivity index (χ3n) is 6.46. The first-order valence-corrected chi connectivity index (χ1v) is 12.9. The van der Waals surface area contributed by atoms with Gasteiger partial charge in [0.2, 0.25) is 5.91 Å². The molecule has 2 amide bonds. The number of hydrogen-bond acceptors (Lipinski definition) is 3. The molecule has 0 saturated carbocycles. The Bertz CT molecular complexity index is 1320. The molecule has 6 heteroatoms. The number of piperidine rings is 1. The Morgan fingerprint density at radius 2 is 1.65 bits per heavy atom. The number of hydrogen-bond donors (Lipinski definition) is 1. The molecule has 0 spiro atoms. The molecule has 0 atom stereocenters. The van der Waals surface area contributed by atoms with Gasteiger partial charge in [-0.1, -0.05) is 48.5 Å². The number of aromatic nitrogens is 1. The quantitative estimate of drug-likeness (QED) is 0.371. The van der Waals surface area contributed by atoms with Crippen molar-refractivity contribution in [1.82, 2.24) is 14.8 Å². The zero-order chi connectivity index (χ0) is 23.3. The molecule has 4 aromatic rings. The van der Waals surface area contributed by atoms with Crippen molar-refractivity contribution in [3.05, 3.63) is 78.5 Å². The van der Waals surface area contributed by atoms with Gasteiger partial charge >= 0.3 is 0 Å². The van der Waals surface area contributed by atoms with E-state index in [1.54, 1.807) is 11.8 Å². The van der Waals surface area contributed by atoms with E-state index < -0.39 is 0 Å². The van der Waals surface area contributed by atoms with Crippen molar-refractivity contribution in [2.24, 2.45) is 0 Å². The van der Waals surface area contributed by atoms with Crippen LogP contribution in [0.3, 0.4) is 0 Å². The first-order chi connectivity index (χ1) is 16.7. The predicted molar refractivity (Wildman–Crippen MR) is 139 cm³/mol. The number of carbonyl (C=O) groups is 2. The summed E-state index contributed by atoms with van der Waals surface area (Å²) < 4.78 is 2.17. The summed E-state index contributed by atoms with van der Waals surface area (Å²) in [6.07, 6.45) is 5.56. The maximum Gasteiger partial charge on any atom is 0.251 e. The van der Waals surface area contributed by atoms with E-state index in [4.69, 9.17) is 0 Å². The van der Waals surface area contributed by atoms with Crippen LogP contribution in [-0.4, -0.2) is 46.7 Å². The number of nitrogens with one attached hydrogen (secondary N) is 1. The van der Waals surface area contributed by atoms with Crippen molar-refractivity contribution in [2.45, 2.75) is 30.7 Å². The number of carbonyl (C=O) groups excluding carboxylic acids is 2. The number of amides is 2. The normalized spacial score (nSPS) is 13.9. The third kappa shape index (κ3) is 4.97. The molecule has 2 heterocycles. The van der Waals surface area contributed by atoms with Gasteiger partial charge in [0.15, 0.2) is 0 Å². The molecular formula is C28H29N3O2S. The Hall–Kier alpha value is -3.25. The second-order valence-corrected chi connectivity index (χ2v) is 9.77. The molecule has 0 bridgehead atoms. The van der Waals surface area contributed by atoms with Gasteiger partial charge in [-0.3, -0.25) is 9.59 Å². The van der Waals surface area contributed by atoms with Gasteiger partial charge < -0.3 is 14.8 Å². The highest BCUT2D eigenvalue weighted by molar-refractivity contribution is 8.00. The van der Waals surface area contributed by atoms with E-state index in [1.165, 1.54) is 6.42 Å². The molecule has 0 aliphatic carbocycles. The molecule has 0 radical (unpaired) electrons. The number of rotatable bonds is 7. The minimum absolute atomic E-state index is 0.0658. The van der Waals surface area contributed by atoms with Crippen LogP contribution in [0.2, 0.25) is 0 Å². The minimum atomic E-state index is -0.0658. The van der Waals surface area contributed by atoms with E-state index in [2.05, 4.69) is 28.2 Å². The first kappa shape index (κ1) is 22.5. The number of fused-ring (bicyclic) bond motifs is 2. The van der Waals surface area contributed by atoms with Gasteiger partial charge in [0.05, 0.1) is 5.75 Å². The van der Waals surface area contributed by atoms with E-state index in [0.717, 1.165) is 52.5 Å². The number of para-hydroxylation sites is 1. The molecule has 3 aromatic carbocycles. The molecule has 5 nitrogen and oxygen atoms in total. The van der Waals surface area contributed by atoms with Gasteiger partial charge in [-0.2, -0.15) is 0 Å². The fourth-order valence-corrected chi connectivity index (χ4v) is 5.60. The lowest BCUT2D eigenvalue weighted by Crippen LogP contribution is -2.36. The van der Waals surface area contributed by atoms with Gasteiger partial charge in [-0.25, -0.2) is 0 Å². The Balaban J connectivity index is 1.23. The molecule has 0 unspecified atom stereocenters. The van der Waals surface area contributed by atoms with Gasteiger partial charge in [-0.05, 0) is 48.2 Å². The van der Waals surface area contributed by atoms with Crippen LogP contribution in [0.5, 0.6) is 0 Å². The molecule has 1 aliphatic heterocycles. The van der Waals surface area contributed by atoms with Crippen LogP contribution in [-0.2, 0) is 11.3 Å². The molecule has 1 aromatic heterocycles. The summed E-state index contributed by atoms with van der Waals surface area (Å²) in [5, 5.41) is 6.39. The molecule has 1 aliphatic rings. The Kier molecular flexibility index (Phi) is 6.86. The number of likely N-dealkylation sites (tertiary alicyclic amines) is 1. The highest BCUT2D eigenvalue weighted by atomic mass is 32.2. The second kappa shape index (κ2) is 10.3. The zero-order valence-corrected chi connectivity index (χ0v) is 20.0. The second-order valence-electron chi connectivity index (χ2n) is 8.75. The molecule has 34 heavy (non-hydrogen) atoms. The van der Waals surface area contributed by atoms with Crippen molar-refractivity contribution in [1.29, 1.82) is 0 Å². The van der Waals surface area contributed by atoms with Crippen molar-refractivity contribution < 1.29 is 9.59 Å². The molecule has 5 rings (SSSR count). The van der Waals surface area contributed by atoms with E-state index in [0.29, 0.717) is 24.4 Å². The molecule has 174 valence electrons. The smallest absolute Gasteiger partial charge is 0.251 e. The SMILES string of the molecule is O=C(NCCn1cc(SCC(=O)N2CCCCC2)c2ccccc21)c1ccc2ccccc2c1. The van der Waals surface area contributed by atoms with Crippen LogP contribution in [0.1, 0.15) is 29.6 Å². The average molecular weight is 472 g/mol. The number of benzene rings is 3. The predicted octanol–water partition coefficient (Wildman–Crippen LogP) is 5.33. The molecule has 1 fully saturated rings. The lowest BCUT2D eigenvalue weighted by atomic mass is 10.1. The van der Waals surface area contributed by atoms with Crippen molar-refractivity contribution in [3.8, 4) is 0 Å². The third-order valence-corrected chi connectivity index (χ3v) is 7.49. The van der Waals surface area contributed by atoms with Crippen LogP contribution in [0.15, 0.2) is 77.8 Å². The zero-order valence-electron chi connectivity index (χ0n) is 19.2. The Morgan fingerprint density at radius 1 is 0.882 bits per heavy atom. The minimum Gasteiger partial charge on any atom is -0.350 e. The average Bonchev–Trinajstić information content (AvgIpc) is 3.25. The van der Waals surface area contributed by atoms with Gasteiger partial charge in [0.25, 0.3) is 5.91 Å². The van der Waals surface area contributed by atoms with Crippen LogP contribution in [0.25, 0.3) is 21.7 Å². The monoisotopic (exact) mass is 471 g/mol. The van der Waals surface area contributed by atoms with Crippen LogP contribution < -0.4 is 5.32 Å². The maximum atomic E-state index is 12.7. The summed E-state index contributed by atoms with van der Waals surface area (Å²) in [4.78, 5) is 28.4. The van der Waals surface area contributed by atoms with Gasteiger partial charge in [-0.15, -0.1) is 11.8 Å². The lowest BCUT2D eigenvalue weighted by molar-refractivity contribution is -0.129. The van der Waals surface area contributed by atoms with Crippen LogP contribution >= 0.6 is 11.8 Å². The summed E-state index contributed by atoms with van der Waals surface area (Å²) in [7, 11) is 0. The van der Waals surface area contributed by atoms with Gasteiger partial charge in [0, 0.05) is 53.7 Å². The van der Waals surface area contributed by atoms with E-state index in [9.17, 15) is 9.59 Å². The highest BCUT2D eigenvalue weighted by Crippen LogP contribution is 2.30. The van der Waals surface area contributed by atoms with Crippen molar-refractivity contribution in [3.63, 3.8) is 0 Å². The Labute approximate surface area is 204 Å². The summed E-state index contributed by atoms with van der Waals surface area (Å²) in [5.74, 6) is 0.625. The fourth-order valence-electron chi connectivity index (χ4n) is 4.61. The Morgan fingerprint density at radius 3 is 2.50 bits per heavy atom. The summed E-state index contributed by atoms with van der Waals surface area (Å²) in [6, 6.07) is 22.1. The summed E-state index contributed by atoms with van der Waals surface area (Å²) in [5.41, 5.74) is 1.79. The lowest BCUT2D eigenvalue weighted by Gasteiger charge is -2.26. The summed E-state index contributed by atoms with van der Waals surface area (Å²) >= 11 is 1.61. The molecule has 1 N–H and O–H groups in total. The topological polar surface area (TPSA) is 54.3 Å². The summed E-state index contributed by atoms with van der Waals surface area (Å²) in [6.45, 7) is 2.97. The molecule has 1 saturated heterocycles. The number of thioether (sulfide) groups is 1. The standard InChI is InChI=1S/C28H29N3O2S/c32-27(30-15-6-1-7-16-30)20-34-26-19-31(25-11-5-4-10-24(25)26)17-14-29-28(33)23-13-12-21-8-2-3-9-22(21)18-23/h2-5,8-13,18-19H,1,6-7,14-17,20H2,(H,29,33). The highest BCUT2D eigenvalue weighted by Gasteiger charge is 2.18. The fraction of sp³-hybridized carbons (Fsp3) is 0.286. The van der Waals surface area contributed by atoms with E-state index in [1.807, 2.05) is 59.5 Å². The van der Waals surface area contributed by atoms with Crippen molar-refractivity contribution >= 4 is 45.3 Å². The molecular weight excluding hydrogens is 442 g/mol. The van der Waals surface area contributed by atoms with Crippen LogP contribution in [0, 0.1) is 0 Å².